The van der Waals surface area contributed by atoms with Gasteiger partial charge in [-0.15, -0.1) is 0 Å². The molecule has 0 bridgehead atoms. The minimum absolute atomic E-state index is 0.489. The van der Waals surface area contributed by atoms with E-state index in [9.17, 15) is 0 Å². The summed E-state index contributed by atoms with van der Waals surface area (Å²) in [6, 6.07) is 0.489. The molecule has 0 aromatic carbocycles. The van der Waals surface area contributed by atoms with Crippen LogP contribution in [0.3, 0.4) is 0 Å². The lowest BCUT2D eigenvalue weighted by Crippen LogP contribution is -2.41. The normalized spacial score (nSPS) is 33.5. The van der Waals surface area contributed by atoms with E-state index in [0.717, 1.165) is 6.54 Å². The lowest BCUT2D eigenvalue weighted by atomic mass is 9.68. The van der Waals surface area contributed by atoms with Gasteiger partial charge < -0.3 is 9.80 Å². The van der Waals surface area contributed by atoms with Crippen LogP contribution in [0.15, 0.2) is 4.99 Å². The average molecular weight is 207 g/mol. The number of likely N-dealkylation sites (N-methyl/N-ethyl adjacent to an activating group) is 1. The zero-order valence-corrected chi connectivity index (χ0v) is 9.87. The van der Waals surface area contributed by atoms with Crippen molar-refractivity contribution >= 4 is 5.96 Å². The van der Waals surface area contributed by atoms with E-state index in [2.05, 4.69) is 23.8 Å². The Balaban J connectivity index is 1.71. The molecule has 3 rings (SSSR count). The Bertz CT molecular complexity index is 293. The summed E-state index contributed by atoms with van der Waals surface area (Å²) < 4.78 is 0. The van der Waals surface area contributed by atoms with Gasteiger partial charge in [0.25, 0.3) is 0 Å². The van der Waals surface area contributed by atoms with Crippen LogP contribution < -0.4 is 0 Å². The molecule has 15 heavy (non-hydrogen) atoms. The Morgan fingerprint density at radius 2 is 2.13 bits per heavy atom. The maximum absolute atomic E-state index is 4.74. The van der Waals surface area contributed by atoms with Crippen LogP contribution in [0.4, 0.5) is 0 Å². The number of likely N-dealkylation sites (tertiary alicyclic amines) is 1. The lowest BCUT2D eigenvalue weighted by Gasteiger charge is -2.38. The molecule has 1 atom stereocenters. The Morgan fingerprint density at radius 1 is 1.33 bits per heavy atom. The SMILES string of the molecule is CC1CN(C)C(N2CCC3(CCC3)C2)=N1. The highest BCUT2D eigenvalue weighted by Gasteiger charge is 2.44. The van der Waals surface area contributed by atoms with Crippen molar-refractivity contribution in [1.82, 2.24) is 9.80 Å². The van der Waals surface area contributed by atoms with Crippen molar-refractivity contribution in [1.29, 1.82) is 0 Å². The van der Waals surface area contributed by atoms with E-state index in [1.54, 1.807) is 0 Å². The Kier molecular flexibility index (Phi) is 1.98. The van der Waals surface area contributed by atoms with Crippen LogP contribution in [0.2, 0.25) is 0 Å². The van der Waals surface area contributed by atoms with Gasteiger partial charge in [-0.1, -0.05) is 6.42 Å². The fourth-order valence-electron chi connectivity index (χ4n) is 3.33. The summed E-state index contributed by atoms with van der Waals surface area (Å²) in [7, 11) is 2.17. The van der Waals surface area contributed by atoms with Gasteiger partial charge in [0, 0.05) is 26.7 Å². The van der Waals surface area contributed by atoms with Crippen LogP contribution in [0, 0.1) is 5.41 Å². The third kappa shape index (κ3) is 1.44. The molecule has 2 aliphatic heterocycles. The second kappa shape index (κ2) is 3.13. The van der Waals surface area contributed by atoms with Gasteiger partial charge in [-0.3, -0.25) is 0 Å². The largest absolute Gasteiger partial charge is 0.344 e. The quantitative estimate of drug-likeness (QED) is 0.600. The van der Waals surface area contributed by atoms with Crippen molar-refractivity contribution in [3.63, 3.8) is 0 Å². The van der Waals surface area contributed by atoms with E-state index >= 15 is 0 Å². The van der Waals surface area contributed by atoms with Crippen molar-refractivity contribution < 1.29 is 0 Å². The average Bonchev–Trinajstić information content (AvgIpc) is 2.68. The third-order valence-electron chi connectivity index (χ3n) is 4.35. The molecular weight excluding hydrogens is 186 g/mol. The highest BCUT2D eigenvalue weighted by atomic mass is 15.4. The number of hydrogen-bond acceptors (Lipinski definition) is 3. The van der Waals surface area contributed by atoms with Gasteiger partial charge in [0.2, 0.25) is 0 Å². The molecule has 0 radical (unpaired) electrons. The second-order valence-corrected chi connectivity index (χ2v) is 5.68. The monoisotopic (exact) mass is 207 g/mol. The molecule has 0 N–H and O–H groups in total. The van der Waals surface area contributed by atoms with Gasteiger partial charge in [0.05, 0.1) is 6.04 Å². The van der Waals surface area contributed by atoms with Gasteiger partial charge in [-0.2, -0.15) is 0 Å². The molecule has 1 aliphatic carbocycles. The Hall–Kier alpha value is -0.730. The highest BCUT2D eigenvalue weighted by Crippen LogP contribution is 2.48. The van der Waals surface area contributed by atoms with Crippen LogP contribution in [0.1, 0.15) is 32.6 Å². The molecule has 3 aliphatic rings. The molecule has 0 aromatic heterocycles. The molecule has 1 spiro atoms. The van der Waals surface area contributed by atoms with Gasteiger partial charge in [-0.05, 0) is 31.6 Å². The van der Waals surface area contributed by atoms with Crippen molar-refractivity contribution in [2.45, 2.75) is 38.6 Å². The summed E-state index contributed by atoms with van der Waals surface area (Å²) in [5, 5.41) is 0. The number of nitrogens with zero attached hydrogens (tertiary/aromatic N) is 3. The first kappa shape index (κ1) is 9.49. The van der Waals surface area contributed by atoms with Crippen LogP contribution in [0.5, 0.6) is 0 Å². The second-order valence-electron chi connectivity index (χ2n) is 5.68. The molecule has 0 amide bonds. The van der Waals surface area contributed by atoms with Crippen molar-refractivity contribution in [2.24, 2.45) is 10.4 Å². The summed E-state index contributed by atoms with van der Waals surface area (Å²) in [6.45, 7) is 5.80. The van der Waals surface area contributed by atoms with E-state index < -0.39 is 0 Å². The zero-order valence-electron chi connectivity index (χ0n) is 9.87. The molecule has 1 saturated heterocycles. The summed E-state index contributed by atoms with van der Waals surface area (Å²) in [6.07, 6.45) is 5.76. The van der Waals surface area contributed by atoms with E-state index in [1.165, 1.54) is 44.7 Å². The van der Waals surface area contributed by atoms with E-state index in [4.69, 9.17) is 4.99 Å². The molecule has 1 saturated carbocycles. The molecule has 84 valence electrons. The van der Waals surface area contributed by atoms with E-state index in [1.807, 2.05) is 0 Å². The first-order valence-electron chi connectivity index (χ1n) is 6.22. The zero-order chi connectivity index (χ0) is 10.5. The first-order valence-corrected chi connectivity index (χ1v) is 6.22. The highest BCUT2D eigenvalue weighted by molar-refractivity contribution is 5.82. The molecule has 2 heterocycles. The summed E-state index contributed by atoms with van der Waals surface area (Å²) in [4.78, 5) is 9.58. The fourth-order valence-corrected chi connectivity index (χ4v) is 3.33. The first-order chi connectivity index (χ1) is 7.19. The summed E-state index contributed by atoms with van der Waals surface area (Å²) >= 11 is 0. The van der Waals surface area contributed by atoms with Crippen LogP contribution in [0.25, 0.3) is 0 Å². The molecule has 1 unspecified atom stereocenters. The lowest BCUT2D eigenvalue weighted by molar-refractivity contribution is 0.150. The third-order valence-corrected chi connectivity index (χ3v) is 4.35. The smallest absolute Gasteiger partial charge is 0.196 e. The number of hydrogen-bond donors (Lipinski definition) is 0. The molecule has 2 fully saturated rings. The summed E-state index contributed by atoms with van der Waals surface area (Å²) in [5.41, 5.74) is 0.690. The molecular formula is C12H21N3. The standard InChI is InChI=1S/C12H21N3/c1-10-8-14(2)11(13-10)15-7-6-12(9-15)4-3-5-12/h10H,3-9H2,1-2H3. The Morgan fingerprint density at radius 3 is 2.60 bits per heavy atom. The minimum Gasteiger partial charge on any atom is -0.344 e. The van der Waals surface area contributed by atoms with Gasteiger partial charge in [0.15, 0.2) is 5.96 Å². The van der Waals surface area contributed by atoms with Gasteiger partial charge in [-0.25, -0.2) is 4.99 Å². The number of rotatable bonds is 0. The van der Waals surface area contributed by atoms with E-state index in [0.29, 0.717) is 11.5 Å². The molecule has 3 nitrogen and oxygen atoms in total. The topological polar surface area (TPSA) is 18.8 Å². The number of guanidine groups is 1. The predicted octanol–water partition coefficient (Wildman–Crippen LogP) is 1.55. The van der Waals surface area contributed by atoms with Crippen molar-refractivity contribution in [3.05, 3.63) is 0 Å². The minimum atomic E-state index is 0.489. The van der Waals surface area contributed by atoms with Crippen LogP contribution in [-0.2, 0) is 0 Å². The van der Waals surface area contributed by atoms with Crippen molar-refractivity contribution in [2.75, 3.05) is 26.7 Å². The van der Waals surface area contributed by atoms with Crippen molar-refractivity contribution in [3.8, 4) is 0 Å². The van der Waals surface area contributed by atoms with Gasteiger partial charge >= 0.3 is 0 Å². The molecule has 3 heteroatoms. The molecule has 0 aromatic rings. The fraction of sp³-hybridized carbons (Fsp3) is 0.917. The maximum atomic E-state index is 4.74. The van der Waals surface area contributed by atoms with Crippen LogP contribution >= 0.6 is 0 Å². The summed E-state index contributed by atoms with van der Waals surface area (Å²) in [5.74, 6) is 1.26. The maximum Gasteiger partial charge on any atom is 0.196 e. The van der Waals surface area contributed by atoms with E-state index in [-0.39, 0.29) is 0 Å². The van der Waals surface area contributed by atoms with Gasteiger partial charge in [0.1, 0.15) is 0 Å². The number of aliphatic imine (C=N–C) groups is 1. The van der Waals surface area contributed by atoms with Crippen LogP contribution in [-0.4, -0.2) is 48.5 Å². The predicted molar refractivity (Wildman–Crippen MR) is 62.0 cm³/mol. The Labute approximate surface area is 92.2 Å².